The quantitative estimate of drug-likeness (QED) is 0.543. The molecule has 0 aliphatic carbocycles. The van der Waals surface area contributed by atoms with Crippen molar-refractivity contribution in [2.75, 3.05) is 19.6 Å². The molecular weight excluding hydrogens is 256 g/mol. The van der Waals surface area contributed by atoms with E-state index in [4.69, 9.17) is 6.42 Å². The van der Waals surface area contributed by atoms with E-state index in [1.165, 1.54) is 4.90 Å². The Morgan fingerprint density at radius 1 is 1.30 bits per heavy atom. The van der Waals surface area contributed by atoms with Crippen molar-refractivity contribution in [3.8, 4) is 12.3 Å². The van der Waals surface area contributed by atoms with Crippen molar-refractivity contribution in [3.63, 3.8) is 0 Å². The van der Waals surface area contributed by atoms with E-state index in [-0.39, 0.29) is 11.9 Å². The predicted octanol–water partition coefficient (Wildman–Crippen LogP) is 0.525. The Kier molecular flexibility index (Phi) is 4.18. The number of nitrogens with zero attached hydrogens (tertiary/aromatic N) is 4. The molecule has 2 rings (SSSR count). The van der Waals surface area contributed by atoms with Gasteiger partial charge in [-0.05, 0) is 17.8 Å². The molecular formula is C14H19N4O2+. The second-order valence-electron chi connectivity index (χ2n) is 4.81. The second-order valence-corrected chi connectivity index (χ2v) is 4.81. The average Bonchev–Trinajstić information content (AvgIpc) is 2.84. The van der Waals surface area contributed by atoms with Crippen LogP contribution in [0.3, 0.4) is 0 Å². The molecule has 2 heterocycles. The van der Waals surface area contributed by atoms with E-state index in [2.05, 4.69) is 10.9 Å². The lowest BCUT2D eigenvalue weighted by Crippen LogP contribution is -2.64. The highest BCUT2D eigenvalue weighted by atomic mass is 16.2. The van der Waals surface area contributed by atoms with Crippen molar-refractivity contribution in [1.29, 1.82) is 0 Å². The maximum atomic E-state index is 12.5. The van der Waals surface area contributed by atoms with Crippen molar-refractivity contribution in [3.05, 3.63) is 0 Å². The van der Waals surface area contributed by atoms with Crippen molar-refractivity contribution < 1.29 is 14.2 Å². The predicted molar refractivity (Wildman–Crippen MR) is 75.6 cm³/mol. The Balaban J connectivity index is 2.34. The van der Waals surface area contributed by atoms with Crippen LogP contribution in [0, 0.1) is 12.3 Å². The van der Waals surface area contributed by atoms with Gasteiger partial charge in [0.15, 0.2) is 0 Å². The molecule has 0 spiro atoms. The summed E-state index contributed by atoms with van der Waals surface area (Å²) in [5.41, 5.74) is 0. The van der Waals surface area contributed by atoms with Gasteiger partial charge < -0.3 is 0 Å². The van der Waals surface area contributed by atoms with E-state index < -0.39 is 6.04 Å². The molecule has 1 unspecified atom stereocenters. The Morgan fingerprint density at radius 2 is 1.95 bits per heavy atom. The minimum absolute atomic E-state index is 0.230. The second kappa shape index (κ2) is 5.87. The van der Waals surface area contributed by atoms with Gasteiger partial charge in [0.1, 0.15) is 6.54 Å². The van der Waals surface area contributed by atoms with Crippen LogP contribution in [0.4, 0.5) is 4.79 Å². The maximum absolute atomic E-state index is 12.5. The zero-order valence-corrected chi connectivity index (χ0v) is 11.9. The lowest BCUT2D eigenvalue weighted by molar-refractivity contribution is -0.519. The van der Waals surface area contributed by atoms with Gasteiger partial charge in [0.05, 0.1) is 0 Å². The molecule has 0 aromatic rings. The largest absolute Gasteiger partial charge is 0.334 e. The minimum Gasteiger partial charge on any atom is -0.269 e. The smallest absolute Gasteiger partial charge is 0.269 e. The Morgan fingerprint density at radius 3 is 2.55 bits per heavy atom. The zero-order valence-electron chi connectivity index (χ0n) is 11.9. The van der Waals surface area contributed by atoms with Gasteiger partial charge in [0.2, 0.25) is 0 Å². The summed E-state index contributed by atoms with van der Waals surface area (Å²) >= 11 is 0. The third-order valence-corrected chi connectivity index (χ3v) is 3.32. The fourth-order valence-corrected chi connectivity index (χ4v) is 2.47. The molecule has 2 aliphatic heterocycles. The molecule has 0 aromatic carbocycles. The van der Waals surface area contributed by atoms with Crippen LogP contribution in [-0.4, -0.2) is 64.2 Å². The molecule has 3 amide bonds. The first-order valence-electron chi connectivity index (χ1n) is 6.88. The number of hydrogen-bond donors (Lipinski definition) is 0. The van der Waals surface area contributed by atoms with E-state index in [1.54, 1.807) is 15.8 Å². The standard InChI is InChI=1S/C14H19N4O2/c1-4-7-16-10-15-12-11(16)13(19)18(9-6-3)14(20)17(12)8-5-2/h1,10-11H,5-9H2,2-3H3/q+1. The molecule has 0 saturated carbocycles. The number of carbonyl (C=O) groups is 2. The summed E-state index contributed by atoms with van der Waals surface area (Å²) in [4.78, 5) is 32.0. The number of amides is 3. The van der Waals surface area contributed by atoms with Crippen molar-refractivity contribution in [2.45, 2.75) is 32.7 Å². The highest BCUT2D eigenvalue weighted by Crippen LogP contribution is 2.19. The lowest BCUT2D eigenvalue weighted by atomic mass is 10.1. The van der Waals surface area contributed by atoms with E-state index >= 15 is 0 Å². The fourth-order valence-electron chi connectivity index (χ4n) is 2.47. The average molecular weight is 275 g/mol. The first-order valence-corrected chi connectivity index (χ1v) is 6.88. The summed E-state index contributed by atoms with van der Waals surface area (Å²) < 4.78 is 1.70. The first kappa shape index (κ1) is 14.3. The number of aliphatic imine (C=N–C) groups is 1. The zero-order chi connectivity index (χ0) is 14.7. The van der Waals surface area contributed by atoms with Crippen LogP contribution >= 0.6 is 0 Å². The third-order valence-electron chi connectivity index (χ3n) is 3.32. The number of fused-ring (bicyclic) bond motifs is 1. The van der Waals surface area contributed by atoms with Crippen LogP contribution in [-0.2, 0) is 4.79 Å². The van der Waals surface area contributed by atoms with Gasteiger partial charge >= 0.3 is 6.03 Å². The highest BCUT2D eigenvalue weighted by Gasteiger charge is 2.52. The van der Waals surface area contributed by atoms with Gasteiger partial charge in [-0.15, -0.1) is 6.42 Å². The number of rotatable bonds is 5. The van der Waals surface area contributed by atoms with Gasteiger partial charge in [0.25, 0.3) is 24.1 Å². The van der Waals surface area contributed by atoms with Crippen LogP contribution in [0.15, 0.2) is 4.99 Å². The van der Waals surface area contributed by atoms with Crippen LogP contribution in [0.2, 0.25) is 0 Å². The number of terminal acetylenes is 1. The lowest BCUT2D eigenvalue weighted by Gasteiger charge is -2.34. The van der Waals surface area contributed by atoms with E-state index in [1.807, 2.05) is 13.8 Å². The summed E-state index contributed by atoms with van der Waals surface area (Å²) in [5.74, 6) is 2.79. The normalized spacial score (nSPS) is 21.6. The number of hydrogen-bond acceptors (Lipinski definition) is 3. The van der Waals surface area contributed by atoms with Crippen LogP contribution < -0.4 is 0 Å². The van der Waals surface area contributed by atoms with Gasteiger partial charge in [-0.25, -0.2) is 9.37 Å². The Hall–Kier alpha value is -2.16. The minimum atomic E-state index is -0.554. The molecule has 20 heavy (non-hydrogen) atoms. The van der Waals surface area contributed by atoms with E-state index in [0.717, 1.165) is 12.8 Å². The SMILES string of the molecule is C#CC[N+]1=CN=C2C1C(=O)N(CCC)C(=O)N2CCC. The van der Waals surface area contributed by atoms with Crippen LogP contribution in [0.5, 0.6) is 0 Å². The number of urea groups is 1. The summed E-state index contributed by atoms with van der Waals surface area (Å²) in [5, 5.41) is 0. The van der Waals surface area contributed by atoms with E-state index in [9.17, 15) is 9.59 Å². The summed E-state index contributed by atoms with van der Waals surface area (Å²) in [7, 11) is 0. The highest BCUT2D eigenvalue weighted by molar-refractivity contribution is 6.21. The maximum Gasteiger partial charge on any atom is 0.334 e. The molecule has 0 N–H and O–H groups in total. The van der Waals surface area contributed by atoms with Gasteiger partial charge in [-0.1, -0.05) is 19.8 Å². The molecule has 0 aromatic heterocycles. The van der Waals surface area contributed by atoms with E-state index in [0.29, 0.717) is 25.5 Å². The van der Waals surface area contributed by atoms with Crippen molar-refractivity contribution in [2.24, 2.45) is 4.99 Å². The summed E-state index contributed by atoms with van der Waals surface area (Å²) in [6, 6.07) is -0.827. The molecule has 6 heteroatoms. The summed E-state index contributed by atoms with van der Waals surface area (Å²) in [6.07, 6.45) is 8.42. The van der Waals surface area contributed by atoms with Gasteiger partial charge in [-0.3, -0.25) is 14.6 Å². The van der Waals surface area contributed by atoms with Gasteiger partial charge in [-0.2, -0.15) is 0 Å². The van der Waals surface area contributed by atoms with Crippen LogP contribution in [0.1, 0.15) is 26.7 Å². The molecule has 0 radical (unpaired) electrons. The molecule has 0 bridgehead atoms. The number of carbonyl (C=O) groups excluding carboxylic acids is 2. The number of amidine groups is 1. The molecule has 106 valence electrons. The summed E-state index contributed by atoms with van der Waals surface area (Å²) in [6.45, 7) is 5.21. The Bertz CT molecular complexity index is 530. The van der Waals surface area contributed by atoms with Gasteiger partial charge in [0, 0.05) is 13.1 Å². The van der Waals surface area contributed by atoms with Crippen molar-refractivity contribution >= 4 is 24.1 Å². The fraction of sp³-hybridized carbons (Fsp3) is 0.571. The Labute approximate surface area is 118 Å². The van der Waals surface area contributed by atoms with Crippen molar-refractivity contribution in [1.82, 2.24) is 9.80 Å². The molecule has 1 atom stereocenters. The molecule has 1 saturated heterocycles. The monoisotopic (exact) mass is 275 g/mol. The van der Waals surface area contributed by atoms with Crippen LogP contribution in [0.25, 0.3) is 0 Å². The topological polar surface area (TPSA) is 56.0 Å². The third kappa shape index (κ3) is 2.20. The molecule has 6 nitrogen and oxygen atoms in total. The molecule has 1 fully saturated rings. The first-order chi connectivity index (χ1) is 9.65. The number of imide groups is 1. The molecule has 2 aliphatic rings.